The summed E-state index contributed by atoms with van der Waals surface area (Å²) < 4.78 is 0. The smallest absolute Gasteiger partial charge is 0.254 e. The Hall–Kier alpha value is -3.32. The summed E-state index contributed by atoms with van der Waals surface area (Å²) in [5.41, 5.74) is 7.23. The molecule has 1 aliphatic heterocycles. The number of hydrogen-bond acceptors (Lipinski definition) is 5. The average molecular weight is 516 g/mol. The summed E-state index contributed by atoms with van der Waals surface area (Å²) in [6.45, 7) is 6.76. The molecule has 2 heterocycles. The number of nitrogens with zero attached hydrogens (tertiary/aromatic N) is 4. The molecule has 0 spiro atoms. The van der Waals surface area contributed by atoms with Crippen molar-refractivity contribution in [2.45, 2.75) is 65.5 Å². The third-order valence-electron chi connectivity index (χ3n) is 7.80. The van der Waals surface area contributed by atoms with Crippen LogP contribution in [0.1, 0.15) is 67.6 Å². The minimum absolute atomic E-state index is 0.174. The number of allylic oxidation sites excluding steroid dienone is 1. The first-order valence-electron chi connectivity index (χ1n) is 13.7. The number of anilines is 1. The van der Waals surface area contributed by atoms with Gasteiger partial charge in [0, 0.05) is 54.9 Å². The molecule has 0 radical (unpaired) electrons. The molecule has 1 unspecified atom stereocenters. The number of carbonyl (C=O) groups is 2. The van der Waals surface area contributed by atoms with Gasteiger partial charge in [0.05, 0.1) is 11.6 Å². The van der Waals surface area contributed by atoms with Crippen molar-refractivity contribution >= 4 is 23.2 Å². The molecule has 1 atom stereocenters. The fourth-order valence-corrected chi connectivity index (χ4v) is 5.59. The maximum Gasteiger partial charge on any atom is 0.254 e. The van der Waals surface area contributed by atoms with E-state index in [9.17, 15) is 9.59 Å². The van der Waals surface area contributed by atoms with E-state index >= 15 is 0 Å². The lowest BCUT2D eigenvalue weighted by atomic mass is 9.92. The van der Waals surface area contributed by atoms with Crippen molar-refractivity contribution in [1.82, 2.24) is 15.2 Å². The third-order valence-corrected chi connectivity index (χ3v) is 7.80. The molecule has 7 heteroatoms. The lowest BCUT2D eigenvalue weighted by molar-refractivity contribution is -0.120. The molecule has 1 N–H and O–H groups in total. The Morgan fingerprint density at radius 3 is 2.39 bits per heavy atom. The number of aliphatic imine (C=N–C) groups is 1. The van der Waals surface area contributed by atoms with Gasteiger partial charge >= 0.3 is 0 Å². The van der Waals surface area contributed by atoms with Gasteiger partial charge in [-0.3, -0.25) is 14.6 Å². The highest BCUT2D eigenvalue weighted by Crippen LogP contribution is 2.34. The van der Waals surface area contributed by atoms with Crippen molar-refractivity contribution in [3.05, 3.63) is 58.9 Å². The van der Waals surface area contributed by atoms with Gasteiger partial charge in [0.25, 0.3) is 11.8 Å². The van der Waals surface area contributed by atoms with Crippen LogP contribution in [-0.4, -0.2) is 61.1 Å². The van der Waals surface area contributed by atoms with Gasteiger partial charge in [-0.1, -0.05) is 30.9 Å². The monoisotopic (exact) mass is 515 g/mol. The first-order valence-corrected chi connectivity index (χ1v) is 13.7. The van der Waals surface area contributed by atoms with Gasteiger partial charge in [-0.05, 0) is 83.1 Å². The molecule has 4 rings (SSSR count). The molecule has 1 aromatic carbocycles. The van der Waals surface area contributed by atoms with Gasteiger partial charge in [0.1, 0.15) is 0 Å². The Morgan fingerprint density at radius 1 is 1.03 bits per heavy atom. The lowest BCUT2D eigenvalue weighted by Gasteiger charge is -2.34. The Labute approximate surface area is 227 Å². The highest BCUT2D eigenvalue weighted by Gasteiger charge is 2.26. The van der Waals surface area contributed by atoms with Gasteiger partial charge in [-0.25, -0.2) is 4.99 Å². The number of rotatable bonds is 8. The van der Waals surface area contributed by atoms with Gasteiger partial charge in [-0.15, -0.1) is 0 Å². The number of carbonyl (C=O) groups excluding carboxylic acids is 2. The van der Waals surface area contributed by atoms with Gasteiger partial charge in [0.2, 0.25) is 0 Å². The van der Waals surface area contributed by atoms with E-state index < -0.39 is 5.92 Å². The SMILES string of the molecule is CC1=CC(C)=NC(=O)C1CNC(=O)c1cc(-c2ccc(CN(C)C)nc2)cc(N(C)C2CCCCC2)c1C. The van der Waals surface area contributed by atoms with Crippen molar-refractivity contribution < 1.29 is 9.59 Å². The standard InChI is InChI=1S/C31H41N5O2/c1-20-14-21(2)34-31(38)28(20)18-33-30(37)27-15-24(23-12-13-25(32-17-23)19-35(4)5)16-29(22(27)3)36(6)26-10-8-7-9-11-26/h12-17,26,28H,7-11,18-19H2,1-6H3,(H,33,37). The fraction of sp³-hybridized carbons (Fsp3) is 0.484. The Kier molecular flexibility index (Phi) is 8.77. The van der Waals surface area contributed by atoms with Gasteiger partial charge < -0.3 is 15.1 Å². The number of pyridine rings is 1. The van der Waals surface area contributed by atoms with E-state index in [1.54, 1.807) is 0 Å². The summed E-state index contributed by atoms with van der Waals surface area (Å²) in [6, 6.07) is 8.74. The van der Waals surface area contributed by atoms with E-state index in [4.69, 9.17) is 0 Å². The normalized spacial score (nSPS) is 18.3. The van der Waals surface area contributed by atoms with Crippen LogP contribution in [0.2, 0.25) is 0 Å². The summed E-state index contributed by atoms with van der Waals surface area (Å²) in [7, 11) is 6.20. The second-order valence-corrected chi connectivity index (χ2v) is 11.1. The number of amides is 2. The molecule has 1 aliphatic carbocycles. The van der Waals surface area contributed by atoms with Crippen LogP contribution in [-0.2, 0) is 11.3 Å². The zero-order chi connectivity index (χ0) is 27.4. The minimum atomic E-state index is -0.427. The lowest BCUT2D eigenvalue weighted by Crippen LogP contribution is -2.36. The summed E-state index contributed by atoms with van der Waals surface area (Å²) >= 11 is 0. The molecule has 2 amide bonds. The largest absolute Gasteiger partial charge is 0.371 e. The van der Waals surface area contributed by atoms with E-state index in [1.807, 2.05) is 59.3 Å². The zero-order valence-corrected chi connectivity index (χ0v) is 23.7. The van der Waals surface area contributed by atoms with E-state index in [1.165, 1.54) is 19.3 Å². The van der Waals surface area contributed by atoms with Crippen molar-refractivity contribution in [3.8, 4) is 11.1 Å². The van der Waals surface area contributed by atoms with Crippen LogP contribution < -0.4 is 10.2 Å². The molecule has 2 aliphatic rings. The molecule has 2 aromatic rings. The maximum atomic E-state index is 13.6. The van der Waals surface area contributed by atoms with E-state index in [0.29, 0.717) is 17.3 Å². The maximum absolute atomic E-state index is 13.6. The summed E-state index contributed by atoms with van der Waals surface area (Å²) in [5, 5.41) is 3.03. The Balaban J connectivity index is 1.65. The number of dihydropyridines is 1. The highest BCUT2D eigenvalue weighted by molar-refractivity contribution is 6.06. The topological polar surface area (TPSA) is 77.9 Å². The van der Waals surface area contributed by atoms with Crippen LogP contribution in [0.5, 0.6) is 0 Å². The van der Waals surface area contributed by atoms with Gasteiger partial charge in [0.15, 0.2) is 0 Å². The average Bonchev–Trinajstić information content (AvgIpc) is 2.88. The molecule has 0 bridgehead atoms. The molecule has 38 heavy (non-hydrogen) atoms. The molecule has 0 saturated heterocycles. The first-order chi connectivity index (χ1) is 18.1. The number of benzene rings is 1. The summed E-state index contributed by atoms with van der Waals surface area (Å²) in [6.07, 6.45) is 9.90. The van der Waals surface area contributed by atoms with Crippen LogP contribution >= 0.6 is 0 Å². The van der Waals surface area contributed by atoms with Crippen LogP contribution in [0.15, 0.2) is 47.1 Å². The number of hydrogen-bond donors (Lipinski definition) is 1. The number of aromatic nitrogens is 1. The highest BCUT2D eigenvalue weighted by atomic mass is 16.2. The molecule has 1 aromatic heterocycles. The van der Waals surface area contributed by atoms with Crippen LogP contribution in [0, 0.1) is 12.8 Å². The number of nitrogens with one attached hydrogen (secondary N) is 1. The zero-order valence-electron chi connectivity index (χ0n) is 23.7. The van der Waals surface area contributed by atoms with Crippen molar-refractivity contribution in [2.24, 2.45) is 10.9 Å². The van der Waals surface area contributed by atoms with E-state index in [-0.39, 0.29) is 18.4 Å². The molecule has 202 valence electrons. The van der Waals surface area contributed by atoms with Crippen LogP contribution in [0.25, 0.3) is 11.1 Å². The quantitative estimate of drug-likeness (QED) is 0.524. The minimum Gasteiger partial charge on any atom is -0.371 e. The first kappa shape index (κ1) is 27.7. The van der Waals surface area contributed by atoms with Crippen molar-refractivity contribution in [2.75, 3.05) is 32.6 Å². The van der Waals surface area contributed by atoms with Crippen molar-refractivity contribution in [1.29, 1.82) is 0 Å². The molecule has 7 nitrogen and oxygen atoms in total. The van der Waals surface area contributed by atoms with Crippen molar-refractivity contribution in [3.63, 3.8) is 0 Å². The van der Waals surface area contributed by atoms with Crippen LogP contribution in [0.3, 0.4) is 0 Å². The molecular weight excluding hydrogens is 474 g/mol. The predicted molar refractivity (Wildman–Crippen MR) is 155 cm³/mol. The second-order valence-electron chi connectivity index (χ2n) is 11.1. The molecule has 1 saturated carbocycles. The Bertz CT molecular complexity index is 1240. The predicted octanol–water partition coefficient (Wildman–Crippen LogP) is 5.18. The second kappa shape index (κ2) is 12.0. The van der Waals surface area contributed by atoms with Gasteiger partial charge in [-0.2, -0.15) is 0 Å². The fourth-order valence-electron chi connectivity index (χ4n) is 5.59. The molecule has 1 fully saturated rings. The molecular formula is C31H41N5O2. The summed E-state index contributed by atoms with van der Waals surface area (Å²) in [5.74, 6) is -0.800. The van der Waals surface area contributed by atoms with E-state index in [0.717, 1.165) is 53.0 Å². The van der Waals surface area contributed by atoms with Crippen LogP contribution in [0.4, 0.5) is 5.69 Å². The third kappa shape index (κ3) is 6.38. The van der Waals surface area contributed by atoms with E-state index in [2.05, 4.69) is 44.3 Å². The summed E-state index contributed by atoms with van der Waals surface area (Å²) in [4.78, 5) is 39.3. The Morgan fingerprint density at radius 2 is 1.76 bits per heavy atom.